The molecular formula is C17H19NO2. The molecule has 0 saturated carbocycles. The van der Waals surface area contributed by atoms with E-state index in [0.29, 0.717) is 13.0 Å². The van der Waals surface area contributed by atoms with Gasteiger partial charge in [-0.25, -0.2) is 0 Å². The molecule has 0 fully saturated rings. The molecule has 0 bridgehead atoms. The van der Waals surface area contributed by atoms with Crippen molar-refractivity contribution in [3.63, 3.8) is 0 Å². The molecule has 0 spiro atoms. The molecule has 104 valence electrons. The number of hydrogen-bond donors (Lipinski definition) is 2. The summed E-state index contributed by atoms with van der Waals surface area (Å²) in [5.41, 5.74) is 3.13. The second-order valence-electron chi connectivity index (χ2n) is 5.04. The fraction of sp³-hybridized carbons (Fsp3) is 0.294. The van der Waals surface area contributed by atoms with E-state index in [1.54, 1.807) is 0 Å². The number of para-hydroxylation sites is 1. The first-order valence-electron chi connectivity index (χ1n) is 7.04. The van der Waals surface area contributed by atoms with Crippen LogP contribution >= 0.6 is 0 Å². The van der Waals surface area contributed by atoms with Crippen LogP contribution in [0.3, 0.4) is 0 Å². The summed E-state index contributed by atoms with van der Waals surface area (Å²) >= 11 is 0. The summed E-state index contributed by atoms with van der Waals surface area (Å²) in [5.74, 6) is 0.875. The van der Waals surface area contributed by atoms with Crippen LogP contribution in [0.5, 0.6) is 5.75 Å². The Hall–Kier alpha value is -2.00. The molecule has 2 aromatic rings. The van der Waals surface area contributed by atoms with E-state index >= 15 is 0 Å². The Kier molecular flexibility index (Phi) is 3.61. The van der Waals surface area contributed by atoms with Crippen LogP contribution in [-0.2, 0) is 0 Å². The van der Waals surface area contributed by atoms with Crippen molar-refractivity contribution in [2.24, 2.45) is 0 Å². The maximum Gasteiger partial charge on any atom is 0.119 e. The van der Waals surface area contributed by atoms with Gasteiger partial charge in [-0.2, -0.15) is 0 Å². The first kappa shape index (κ1) is 13.0. The van der Waals surface area contributed by atoms with Crippen LogP contribution in [0.4, 0.5) is 5.69 Å². The zero-order valence-corrected chi connectivity index (χ0v) is 11.5. The number of anilines is 1. The SMILES string of the molecule is CCOc1cccc(C2CC(O)c3ccccc3N2)c1. The standard InChI is InChI=1S/C17H19NO2/c1-2-20-13-7-5-6-12(10-13)16-11-17(19)14-8-3-4-9-15(14)18-16/h3-10,16-19H,2,11H2,1H3. The largest absolute Gasteiger partial charge is 0.494 e. The first-order chi connectivity index (χ1) is 9.78. The fourth-order valence-corrected chi connectivity index (χ4v) is 2.72. The Bertz CT molecular complexity index is 597. The number of rotatable bonds is 3. The zero-order valence-electron chi connectivity index (χ0n) is 11.5. The van der Waals surface area contributed by atoms with E-state index in [1.165, 1.54) is 0 Å². The Morgan fingerprint density at radius 3 is 2.90 bits per heavy atom. The van der Waals surface area contributed by atoms with Gasteiger partial charge < -0.3 is 15.2 Å². The lowest BCUT2D eigenvalue weighted by atomic mass is 9.91. The number of aliphatic hydroxyl groups excluding tert-OH is 1. The van der Waals surface area contributed by atoms with Gasteiger partial charge >= 0.3 is 0 Å². The normalized spacial score (nSPS) is 20.9. The highest BCUT2D eigenvalue weighted by molar-refractivity contribution is 5.56. The van der Waals surface area contributed by atoms with Gasteiger partial charge in [0.05, 0.1) is 18.8 Å². The van der Waals surface area contributed by atoms with Crippen LogP contribution in [0.25, 0.3) is 0 Å². The summed E-state index contributed by atoms with van der Waals surface area (Å²) in [6.07, 6.45) is 0.250. The van der Waals surface area contributed by atoms with Crippen molar-refractivity contribution in [1.82, 2.24) is 0 Å². The third-order valence-electron chi connectivity index (χ3n) is 3.68. The molecule has 0 aliphatic carbocycles. The number of hydrogen-bond acceptors (Lipinski definition) is 3. The van der Waals surface area contributed by atoms with Gasteiger partial charge in [0.15, 0.2) is 0 Å². The summed E-state index contributed by atoms with van der Waals surface area (Å²) in [7, 11) is 0. The van der Waals surface area contributed by atoms with Crippen molar-refractivity contribution in [3.8, 4) is 5.75 Å². The number of ether oxygens (including phenoxy) is 1. The zero-order chi connectivity index (χ0) is 13.9. The van der Waals surface area contributed by atoms with Crippen LogP contribution in [-0.4, -0.2) is 11.7 Å². The topological polar surface area (TPSA) is 41.5 Å². The summed E-state index contributed by atoms with van der Waals surface area (Å²) < 4.78 is 5.54. The Labute approximate surface area is 119 Å². The molecule has 1 aliphatic rings. The van der Waals surface area contributed by atoms with Gasteiger partial charge in [-0.3, -0.25) is 0 Å². The summed E-state index contributed by atoms with van der Waals surface area (Å²) in [6.45, 7) is 2.64. The predicted molar refractivity (Wildman–Crippen MR) is 80.0 cm³/mol. The highest BCUT2D eigenvalue weighted by Gasteiger charge is 2.25. The quantitative estimate of drug-likeness (QED) is 0.893. The lowest BCUT2D eigenvalue weighted by molar-refractivity contribution is 0.156. The molecule has 2 aromatic carbocycles. The summed E-state index contributed by atoms with van der Waals surface area (Å²) in [6, 6.07) is 16.1. The minimum absolute atomic E-state index is 0.111. The number of aliphatic hydroxyl groups is 1. The number of nitrogens with one attached hydrogen (secondary N) is 1. The summed E-state index contributed by atoms with van der Waals surface area (Å²) in [4.78, 5) is 0. The van der Waals surface area contributed by atoms with Gasteiger partial charge in [-0.1, -0.05) is 30.3 Å². The molecule has 0 amide bonds. The molecule has 2 N–H and O–H groups in total. The molecule has 3 heteroatoms. The van der Waals surface area contributed by atoms with Gasteiger partial charge in [0.25, 0.3) is 0 Å². The van der Waals surface area contributed by atoms with Crippen LogP contribution in [0.2, 0.25) is 0 Å². The number of fused-ring (bicyclic) bond motifs is 1. The molecule has 3 rings (SSSR count). The smallest absolute Gasteiger partial charge is 0.119 e. The van der Waals surface area contributed by atoms with E-state index in [0.717, 1.165) is 22.6 Å². The van der Waals surface area contributed by atoms with Gasteiger partial charge in [0, 0.05) is 17.7 Å². The fourth-order valence-electron chi connectivity index (χ4n) is 2.72. The van der Waals surface area contributed by atoms with Crippen molar-refractivity contribution < 1.29 is 9.84 Å². The monoisotopic (exact) mass is 269 g/mol. The minimum atomic E-state index is -0.423. The molecule has 1 aliphatic heterocycles. The maximum atomic E-state index is 10.3. The Balaban J connectivity index is 1.87. The molecule has 2 unspecified atom stereocenters. The average molecular weight is 269 g/mol. The highest BCUT2D eigenvalue weighted by Crippen LogP contribution is 2.39. The molecule has 0 aromatic heterocycles. The van der Waals surface area contributed by atoms with Gasteiger partial charge in [0.2, 0.25) is 0 Å². The molecule has 3 nitrogen and oxygen atoms in total. The van der Waals surface area contributed by atoms with Crippen molar-refractivity contribution in [2.45, 2.75) is 25.5 Å². The van der Waals surface area contributed by atoms with E-state index in [2.05, 4.69) is 11.4 Å². The van der Waals surface area contributed by atoms with Crippen molar-refractivity contribution in [2.75, 3.05) is 11.9 Å². The molecule has 0 saturated heterocycles. The summed E-state index contributed by atoms with van der Waals surface area (Å²) in [5, 5.41) is 13.8. The average Bonchev–Trinajstić information content (AvgIpc) is 2.48. The van der Waals surface area contributed by atoms with E-state index < -0.39 is 6.10 Å². The maximum absolute atomic E-state index is 10.3. The third-order valence-corrected chi connectivity index (χ3v) is 3.68. The van der Waals surface area contributed by atoms with Crippen LogP contribution in [0.15, 0.2) is 48.5 Å². The Morgan fingerprint density at radius 2 is 2.05 bits per heavy atom. The molecule has 0 radical (unpaired) electrons. The van der Waals surface area contributed by atoms with Crippen molar-refractivity contribution >= 4 is 5.69 Å². The van der Waals surface area contributed by atoms with E-state index in [-0.39, 0.29) is 6.04 Å². The first-order valence-corrected chi connectivity index (χ1v) is 7.04. The molecular weight excluding hydrogens is 250 g/mol. The third kappa shape index (κ3) is 2.49. The minimum Gasteiger partial charge on any atom is -0.494 e. The molecule has 2 atom stereocenters. The van der Waals surface area contributed by atoms with E-state index in [4.69, 9.17) is 4.74 Å². The molecule has 1 heterocycles. The van der Waals surface area contributed by atoms with Gasteiger partial charge in [-0.05, 0) is 30.7 Å². The van der Waals surface area contributed by atoms with Crippen LogP contribution < -0.4 is 10.1 Å². The van der Waals surface area contributed by atoms with E-state index in [9.17, 15) is 5.11 Å². The van der Waals surface area contributed by atoms with E-state index in [1.807, 2.05) is 49.4 Å². The van der Waals surface area contributed by atoms with Gasteiger partial charge in [0.1, 0.15) is 5.75 Å². The number of benzene rings is 2. The van der Waals surface area contributed by atoms with Crippen LogP contribution in [0.1, 0.15) is 36.6 Å². The van der Waals surface area contributed by atoms with Crippen molar-refractivity contribution in [1.29, 1.82) is 0 Å². The molecule has 20 heavy (non-hydrogen) atoms. The second-order valence-corrected chi connectivity index (χ2v) is 5.04. The Morgan fingerprint density at radius 1 is 1.20 bits per heavy atom. The van der Waals surface area contributed by atoms with Gasteiger partial charge in [-0.15, -0.1) is 0 Å². The lowest BCUT2D eigenvalue weighted by Crippen LogP contribution is -2.21. The van der Waals surface area contributed by atoms with Crippen molar-refractivity contribution in [3.05, 3.63) is 59.7 Å². The predicted octanol–water partition coefficient (Wildman–Crippen LogP) is 3.68. The second kappa shape index (κ2) is 5.55. The highest BCUT2D eigenvalue weighted by atomic mass is 16.5. The van der Waals surface area contributed by atoms with Crippen LogP contribution in [0, 0.1) is 0 Å². The lowest BCUT2D eigenvalue weighted by Gasteiger charge is -2.31.